The first-order chi connectivity index (χ1) is 22.0. The van der Waals surface area contributed by atoms with Crippen LogP contribution in [0, 0.1) is 0 Å². The fourth-order valence-corrected chi connectivity index (χ4v) is 5.64. The number of nitrogens with zero attached hydrogens (tertiary/aromatic N) is 2. The molecule has 244 valence electrons. The Hall–Kier alpha value is -4.47. The van der Waals surface area contributed by atoms with Crippen molar-refractivity contribution < 1.29 is 24.2 Å². The van der Waals surface area contributed by atoms with Gasteiger partial charge in [0.1, 0.15) is 11.6 Å². The second-order valence-electron chi connectivity index (χ2n) is 12.6. The highest BCUT2D eigenvalue weighted by Gasteiger charge is 2.30. The Bertz CT molecular complexity index is 1560. The molecule has 0 saturated carbocycles. The van der Waals surface area contributed by atoms with Crippen molar-refractivity contribution in [3.05, 3.63) is 108 Å². The standard InChI is InChI=1S/C37H46N4O5/c1-37(2,3)46-34(42)20-13-23-41(39-22-21-30(36(44)45)31-25-38-32-19-12-11-18-29(31)32)33(24-27-14-7-5-8-15-27)35(43)40(4)26-28-16-9-6-10-17-28/h5-12,14-19,25,30,33,38-39H,13,20-24,26H2,1-4H3,(H,44,45)/t30-,33-/m0/s1. The third kappa shape index (κ3) is 10.0. The van der Waals surface area contributed by atoms with Crippen molar-refractivity contribution >= 4 is 28.7 Å². The van der Waals surface area contributed by atoms with Gasteiger partial charge in [-0.25, -0.2) is 5.01 Å². The van der Waals surface area contributed by atoms with Crippen LogP contribution in [0.25, 0.3) is 10.9 Å². The van der Waals surface area contributed by atoms with Gasteiger partial charge < -0.3 is 19.7 Å². The van der Waals surface area contributed by atoms with Crippen molar-refractivity contribution in [2.45, 2.75) is 70.6 Å². The van der Waals surface area contributed by atoms with Gasteiger partial charge in [0.25, 0.3) is 0 Å². The first-order valence-electron chi connectivity index (χ1n) is 15.9. The van der Waals surface area contributed by atoms with E-state index in [9.17, 15) is 19.5 Å². The number of rotatable bonds is 16. The van der Waals surface area contributed by atoms with E-state index in [1.54, 1.807) is 18.1 Å². The minimum absolute atomic E-state index is 0.0797. The maximum Gasteiger partial charge on any atom is 0.311 e. The molecule has 3 N–H and O–H groups in total. The van der Waals surface area contributed by atoms with E-state index < -0.39 is 23.5 Å². The molecule has 9 heteroatoms. The molecule has 2 atom stereocenters. The van der Waals surface area contributed by atoms with Crippen molar-refractivity contribution in [3.63, 3.8) is 0 Å². The molecule has 0 aliphatic rings. The molecule has 3 aromatic carbocycles. The van der Waals surface area contributed by atoms with Crippen molar-refractivity contribution in [2.75, 3.05) is 20.1 Å². The first-order valence-corrected chi connectivity index (χ1v) is 15.9. The first kappa shape index (κ1) is 34.4. The molecular formula is C37H46N4O5. The van der Waals surface area contributed by atoms with Crippen LogP contribution >= 0.6 is 0 Å². The summed E-state index contributed by atoms with van der Waals surface area (Å²) in [5, 5.41) is 13.0. The fraction of sp³-hybridized carbons (Fsp3) is 0.378. The third-order valence-electron chi connectivity index (χ3n) is 7.81. The van der Waals surface area contributed by atoms with Crippen molar-refractivity contribution in [1.29, 1.82) is 0 Å². The van der Waals surface area contributed by atoms with E-state index in [1.807, 2.05) is 111 Å². The second kappa shape index (κ2) is 16.2. The van der Waals surface area contributed by atoms with E-state index in [0.717, 1.165) is 27.6 Å². The number of hydrazine groups is 1. The topological polar surface area (TPSA) is 115 Å². The molecule has 46 heavy (non-hydrogen) atoms. The number of carbonyl (C=O) groups is 3. The van der Waals surface area contributed by atoms with Crippen LogP contribution in [0.15, 0.2) is 91.1 Å². The lowest BCUT2D eigenvalue weighted by Crippen LogP contribution is -2.55. The van der Waals surface area contributed by atoms with Crippen molar-refractivity contribution in [3.8, 4) is 0 Å². The van der Waals surface area contributed by atoms with Crippen LogP contribution < -0.4 is 5.43 Å². The molecule has 1 aromatic heterocycles. The van der Waals surface area contributed by atoms with Gasteiger partial charge >= 0.3 is 11.9 Å². The molecular weight excluding hydrogens is 580 g/mol. The van der Waals surface area contributed by atoms with Crippen LogP contribution in [0.5, 0.6) is 0 Å². The zero-order chi connectivity index (χ0) is 33.1. The van der Waals surface area contributed by atoms with E-state index in [4.69, 9.17) is 4.74 Å². The predicted octanol–water partition coefficient (Wildman–Crippen LogP) is 5.92. The molecule has 0 saturated heterocycles. The van der Waals surface area contributed by atoms with Gasteiger partial charge in [-0.2, -0.15) is 0 Å². The normalized spacial score (nSPS) is 13.0. The molecule has 0 aliphatic carbocycles. The summed E-state index contributed by atoms with van der Waals surface area (Å²) in [7, 11) is 1.80. The van der Waals surface area contributed by atoms with Crippen LogP contribution in [-0.4, -0.2) is 69.6 Å². The van der Waals surface area contributed by atoms with Crippen molar-refractivity contribution in [1.82, 2.24) is 20.3 Å². The lowest BCUT2D eigenvalue weighted by Gasteiger charge is -2.34. The molecule has 1 amide bonds. The summed E-state index contributed by atoms with van der Waals surface area (Å²) in [6.07, 6.45) is 3.14. The number of benzene rings is 3. The molecule has 0 aliphatic heterocycles. The number of aromatic nitrogens is 1. The molecule has 1 heterocycles. The number of aliphatic carboxylic acids is 1. The zero-order valence-electron chi connectivity index (χ0n) is 27.2. The average molecular weight is 627 g/mol. The maximum atomic E-state index is 14.2. The number of hydrogen-bond acceptors (Lipinski definition) is 6. The minimum Gasteiger partial charge on any atom is -0.481 e. The molecule has 0 spiro atoms. The van der Waals surface area contributed by atoms with Gasteiger partial charge in [-0.05, 0) is 62.8 Å². The number of H-pyrrole nitrogens is 1. The Balaban J connectivity index is 1.56. The Morgan fingerprint density at radius 1 is 0.913 bits per heavy atom. The summed E-state index contributed by atoms with van der Waals surface area (Å²) in [5.74, 6) is -2.05. The summed E-state index contributed by atoms with van der Waals surface area (Å²) in [6.45, 7) is 6.64. The number of aromatic amines is 1. The lowest BCUT2D eigenvalue weighted by molar-refractivity contribution is -0.155. The van der Waals surface area contributed by atoms with E-state index in [1.165, 1.54) is 0 Å². The van der Waals surface area contributed by atoms with E-state index in [-0.39, 0.29) is 18.3 Å². The van der Waals surface area contributed by atoms with Gasteiger partial charge in [-0.3, -0.25) is 19.8 Å². The number of ether oxygens (including phenoxy) is 1. The van der Waals surface area contributed by atoms with E-state index >= 15 is 0 Å². The number of nitrogens with one attached hydrogen (secondary N) is 2. The van der Waals surface area contributed by atoms with Crippen LogP contribution in [0.3, 0.4) is 0 Å². The highest BCUT2D eigenvalue weighted by atomic mass is 16.6. The number of para-hydroxylation sites is 1. The van der Waals surface area contributed by atoms with Crippen molar-refractivity contribution in [2.24, 2.45) is 0 Å². The number of likely N-dealkylation sites (N-methyl/N-ethyl adjacent to an activating group) is 1. The average Bonchev–Trinajstić information content (AvgIpc) is 3.44. The van der Waals surface area contributed by atoms with Gasteiger partial charge in [-0.1, -0.05) is 78.9 Å². The monoisotopic (exact) mass is 626 g/mol. The van der Waals surface area contributed by atoms with E-state index in [0.29, 0.717) is 38.9 Å². The Morgan fingerprint density at radius 2 is 1.54 bits per heavy atom. The van der Waals surface area contributed by atoms with Gasteiger partial charge in [0.05, 0.1) is 5.92 Å². The SMILES string of the molecule is CN(Cc1ccccc1)C(=O)[C@H](Cc1ccccc1)N(CCCC(=O)OC(C)(C)C)NCC[C@H](C(=O)O)c1c[nH]c2ccccc12. The molecule has 4 rings (SSSR count). The smallest absolute Gasteiger partial charge is 0.311 e. The summed E-state index contributed by atoms with van der Waals surface area (Å²) < 4.78 is 5.52. The molecule has 0 radical (unpaired) electrons. The summed E-state index contributed by atoms with van der Waals surface area (Å²) >= 11 is 0. The molecule has 9 nitrogen and oxygen atoms in total. The third-order valence-corrected chi connectivity index (χ3v) is 7.81. The van der Waals surface area contributed by atoms with Gasteiger partial charge in [0.15, 0.2) is 0 Å². The number of amides is 1. The summed E-state index contributed by atoms with van der Waals surface area (Å²) in [5.41, 5.74) is 6.45. The number of carbonyl (C=O) groups excluding carboxylic acids is 2. The molecule has 4 aromatic rings. The largest absolute Gasteiger partial charge is 0.481 e. The Kier molecular flexibility index (Phi) is 12.1. The fourth-order valence-electron chi connectivity index (χ4n) is 5.64. The lowest BCUT2D eigenvalue weighted by atomic mass is 9.95. The number of fused-ring (bicyclic) bond motifs is 1. The van der Waals surface area contributed by atoms with Crippen LogP contribution in [0.4, 0.5) is 0 Å². The van der Waals surface area contributed by atoms with Crippen LogP contribution in [0.1, 0.15) is 62.6 Å². The predicted molar refractivity (Wildman–Crippen MR) is 180 cm³/mol. The van der Waals surface area contributed by atoms with Gasteiger partial charge in [0.2, 0.25) is 5.91 Å². The Labute approximate surface area is 271 Å². The van der Waals surface area contributed by atoms with Crippen LogP contribution in [-0.2, 0) is 32.1 Å². The van der Waals surface area contributed by atoms with Gasteiger partial charge in [0, 0.05) is 50.2 Å². The van der Waals surface area contributed by atoms with Crippen LogP contribution in [0.2, 0.25) is 0 Å². The second-order valence-corrected chi connectivity index (χ2v) is 12.6. The summed E-state index contributed by atoms with van der Waals surface area (Å²) in [6, 6.07) is 26.7. The number of hydrogen-bond donors (Lipinski definition) is 3. The van der Waals surface area contributed by atoms with E-state index in [2.05, 4.69) is 10.4 Å². The Morgan fingerprint density at radius 3 is 2.20 bits per heavy atom. The van der Waals surface area contributed by atoms with Gasteiger partial charge in [-0.15, -0.1) is 0 Å². The maximum absolute atomic E-state index is 14.2. The number of carboxylic acid groups (broad SMARTS) is 1. The number of esters is 1. The molecule has 0 bridgehead atoms. The zero-order valence-corrected chi connectivity index (χ0v) is 27.2. The summed E-state index contributed by atoms with van der Waals surface area (Å²) in [4.78, 5) is 44.1. The molecule has 0 unspecified atom stereocenters. The molecule has 0 fully saturated rings. The number of carboxylic acids is 1. The minimum atomic E-state index is -0.914. The highest BCUT2D eigenvalue weighted by molar-refractivity contribution is 5.89. The quantitative estimate of drug-likeness (QED) is 0.104. The highest BCUT2D eigenvalue weighted by Crippen LogP contribution is 2.28.